The molecule has 122 valence electrons. The summed E-state index contributed by atoms with van der Waals surface area (Å²) < 4.78 is 15.0. The molecular formula is C16H20FN5O. The van der Waals surface area contributed by atoms with Gasteiger partial charge in [-0.1, -0.05) is 17.3 Å². The highest BCUT2D eigenvalue weighted by Gasteiger charge is 2.20. The predicted octanol–water partition coefficient (Wildman–Crippen LogP) is 1.61. The average Bonchev–Trinajstić information content (AvgIpc) is 3.05. The molecule has 3 rings (SSSR count). The van der Waals surface area contributed by atoms with E-state index in [1.165, 1.54) is 17.0 Å². The minimum absolute atomic E-state index is 0.213. The molecule has 1 saturated heterocycles. The smallest absolute Gasteiger partial charge is 0.276 e. The van der Waals surface area contributed by atoms with E-state index in [1.807, 2.05) is 0 Å². The van der Waals surface area contributed by atoms with Gasteiger partial charge >= 0.3 is 0 Å². The van der Waals surface area contributed by atoms with Crippen molar-refractivity contribution in [3.8, 4) is 0 Å². The molecule has 1 aliphatic heterocycles. The standard InChI is InChI=1S/C16H20FN5O/c1-21(10-12-3-2-4-13(17)9-12)16(23)15-11-22(20-19-15)14-5-7-18-8-6-14/h2-4,9,11,14,18H,5-8,10H2,1H3. The van der Waals surface area contributed by atoms with Crippen LogP contribution in [0.1, 0.15) is 34.9 Å². The van der Waals surface area contributed by atoms with Gasteiger partial charge in [-0.25, -0.2) is 9.07 Å². The molecule has 1 amide bonds. The lowest BCUT2D eigenvalue weighted by Crippen LogP contribution is -2.29. The van der Waals surface area contributed by atoms with E-state index in [1.54, 1.807) is 30.1 Å². The van der Waals surface area contributed by atoms with Gasteiger partial charge in [0.15, 0.2) is 5.69 Å². The molecule has 2 aromatic rings. The zero-order chi connectivity index (χ0) is 16.2. The van der Waals surface area contributed by atoms with E-state index in [2.05, 4.69) is 15.6 Å². The van der Waals surface area contributed by atoms with E-state index in [9.17, 15) is 9.18 Å². The first-order valence-electron chi connectivity index (χ1n) is 7.76. The third-order valence-corrected chi connectivity index (χ3v) is 4.07. The number of hydrogen-bond acceptors (Lipinski definition) is 4. The fourth-order valence-electron chi connectivity index (χ4n) is 2.80. The molecule has 0 atom stereocenters. The third-order valence-electron chi connectivity index (χ3n) is 4.07. The molecule has 1 fully saturated rings. The Kier molecular flexibility index (Phi) is 4.66. The maximum Gasteiger partial charge on any atom is 0.276 e. The molecule has 0 unspecified atom stereocenters. The lowest BCUT2D eigenvalue weighted by molar-refractivity contribution is 0.0779. The Bertz CT molecular complexity index is 681. The van der Waals surface area contributed by atoms with E-state index in [0.29, 0.717) is 18.3 Å². The van der Waals surface area contributed by atoms with Gasteiger partial charge in [0.05, 0.1) is 12.2 Å². The Hall–Kier alpha value is -2.28. The Morgan fingerprint density at radius 3 is 2.96 bits per heavy atom. The van der Waals surface area contributed by atoms with Crippen molar-refractivity contribution in [1.82, 2.24) is 25.2 Å². The van der Waals surface area contributed by atoms with Crippen molar-refractivity contribution < 1.29 is 9.18 Å². The second-order valence-corrected chi connectivity index (χ2v) is 5.86. The fourth-order valence-corrected chi connectivity index (χ4v) is 2.80. The van der Waals surface area contributed by atoms with Crippen LogP contribution in [0.2, 0.25) is 0 Å². The maximum absolute atomic E-state index is 13.2. The molecule has 1 aliphatic rings. The van der Waals surface area contributed by atoms with E-state index in [4.69, 9.17) is 0 Å². The van der Waals surface area contributed by atoms with Crippen LogP contribution in [0.3, 0.4) is 0 Å². The summed E-state index contributed by atoms with van der Waals surface area (Å²) >= 11 is 0. The van der Waals surface area contributed by atoms with Crippen molar-refractivity contribution in [1.29, 1.82) is 0 Å². The van der Waals surface area contributed by atoms with Gasteiger partial charge in [0.1, 0.15) is 5.82 Å². The van der Waals surface area contributed by atoms with Gasteiger partial charge in [0.25, 0.3) is 5.91 Å². The quantitative estimate of drug-likeness (QED) is 0.931. The van der Waals surface area contributed by atoms with Crippen LogP contribution in [0.15, 0.2) is 30.5 Å². The zero-order valence-electron chi connectivity index (χ0n) is 13.1. The number of aromatic nitrogens is 3. The molecule has 1 N–H and O–H groups in total. The summed E-state index contributed by atoms with van der Waals surface area (Å²) in [6.45, 7) is 2.23. The molecule has 0 spiro atoms. The van der Waals surface area contributed by atoms with Crippen LogP contribution in [0.25, 0.3) is 0 Å². The number of amides is 1. The fraction of sp³-hybridized carbons (Fsp3) is 0.438. The molecule has 7 heteroatoms. The van der Waals surface area contributed by atoms with Gasteiger partial charge in [0, 0.05) is 13.6 Å². The van der Waals surface area contributed by atoms with E-state index in [0.717, 1.165) is 31.5 Å². The number of nitrogens with zero attached hydrogens (tertiary/aromatic N) is 4. The molecule has 1 aromatic heterocycles. The number of carbonyl (C=O) groups is 1. The lowest BCUT2D eigenvalue weighted by Gasteiger charge is -2.22. The molecule has 0 bridgehead atoms. The van der Waals surface area contributed by atoms with Gasteiger partial charge in [-0.05, 0) is 43.6 Å². The first-order valence-corrected chi connectivity index (χ1v) is 7.76. The van der Waals surface area contributed by atoms with Gasteiger partial charge in [-0.15, -0.1) is 5.10 Å². The number of carbonyl (C=O) groups excluding carboxylic acids is 1. The summed E-state index contributed by atoms with van der Waals surface area (Å²) in [5.74, 6) is -0.519. The van der Waals surface area contributed by atoms with Gasteiger partial charge in [-0.3, -0.25) is 4.79 Å². The normalized spacial score (nSPS) is 15.6. The summed E-state index contributed by atoms with van der Waals surface area (Å²) in [4.78, 5) is 14.0. The van der Waals surface area contributed by atoms with Crippen LogP contribution >= 0.6 is 0 Å². The monoisotopic (exact) mass is 317 g/mol. The number of piperidine rings is 1. The Labute approximate surface area is 134 Å². The number of benzene rings is 1. The number of halogens is 1. The molecular weight excluding hydrogens is 297 g/mol. The van der Waals surface area contributed by atoms with Crippen molar-refractivity contribution in [2.24, 2.45) is 0 Å². The summed E-state index contributed by atoms with van der Waals surface area (Å²) in [6, 6.07) is 6.53. The molecule has 2 heterocycles. The van der Waals surface area contributed by atoms with Crippen LogP contribution in [-0.4, -0.2) is 45.9 Å². The molecule has 0 aliphatic carbocycles. The van der Waals surface area contributed by atoms with Crippen LogP contribution in [0.5, 0.6) is 0 Å². The Morgan fingerprint density at radius 1 is 1.43 bits per heavy atom. The maximum atomic E-state index is 13.2. The summed E-state index contributed by atoms with van der Waals surface area (Å²) in [6.07, 6.45) is 3.67. The van der Waals surface area contributed by atoms with Gasteiger partial charge in [-0.2, -0.15) is 0 Å². The zero-order valence-corrected chi connectivity index (χ0v) is 13.1. The van der Waals surface area contributed by atoms with Crippen LogP contribution in [0, 0.1) is 5.82 Å². The second kappa shape index (κ2) is 6.87. The average molecular weight is 317 g/mol. The summed E-state index contributed by atoms with van der Waals surface area (Å²) in [7, 11) is 1.68. The summed E-state index contributed by atoms with van der Waals surface area (Å²) in [5, 5.41) is 11.4. The SMILES string of the molecule is CN(Cc1cccc(F)c1)C(=O)c1cn(C2CCNCC2)nn1. The van der Waals surface area contributed by atoms with Gasteiger partial charge < -0.3 is 10.2 Å². The number of hydrogen-bond donors (Lipinski definition) is 1. The van der Waals surface area contributed by atoms with Crippen LogP contribution in [-0.2, 0) is 6.54 Å². The minimum atomic E-state index is -0.305. The number of nitrogens with one attached hydrogen (secondary N) is 1. The Morgan fingerprint density at radius 2 is 2.22 bits per heavy atom. The highest BCUT2D eigenvalue weighted by molar-refractivity contribution is 5.91. The van der Waals surface area contributed by atoms with Crippen molar-refractivity contribution in [2.75, 3.05) is 20.1 Å². The first kappa shape index (κ1) is 15.6. The molecule has 1 aromatic carbocycles. The lowest BCUT2D eigenvalue weighted by atomic mass is 10.1. The largest absolute Gasteiger partial charge is 0.336 e. The third kappa shape index (κ3) is 3.73. The van der Waals surface area contributed by atoms with Crippen molar-refractivity contribution in [3.63, 3.8) is 0 Å². The predicted molar refractivity (Wildman–Crippen MR) is 83.4 cm³/mol. The van der Waals surface area contributed by atoms with Crippen molar-refractivity contribution >= 4 is 5.91 Å². The molecule has 6 nitrogen and oxygen atoms in total. The van der Waals surface area contributed by atoms with Crippen molar-refractivity contribution in [2.45, 2.75) is 25.4 Å². The topological polar surface area (TPSA) is 63.1 Å². The minimum Gasteiger partial charge on any atom is -0.336 e. The van der Waals surface area contributed by atoms with Crippen LogP contribution in [0.4, 0.5) is 4.39 Å². The molecule has 0 saturated carbocycles. The number of rotatable bonds is 4. The highest BCUT2D eigenvalue weighted by atomic mass is 19.1. The second-order valence-electron chi connectivity index (χ2n) is 5.86. The molecule has 0 radical (unpaired) electrons. The summed E-state index contributed by atoms with van der Waals surface area (Å²) in [5.41, 5.74) is 1.06. The first-order chi connectivity index (χ1) is 11.1. The van der Waals surface area contributed by atoms with Crippen LogP contribution < -0.4 is 5.32 Å². The Balaban J connectivity index is 1.66. The van der Waals surface area contributed by atoms with Crippen molar-refractivity contribution in [3.05, 3.63) is 47.5 Å². The van der Waals surface area contributed by atoms with Gasteiger partial charge in [0.2, 0.25) is 0 Å². The van der Waals surface area contributed by atoms with E-state index < -0.39 is 0 Å². The highest BCUT2D eigenvalue weighted by Crippen LogP contribution is 2.17. The van der Waals surface area contributed by atoms with E-state index in [-0.39, 0.29) is 11.7 Å². The van der Waals surface area contributed by atoms with E-state index >= 15 is 0 Å². The molecule has 23 heavy (non-hydrogen) atoms.